The van der Waals surface area contributed by atoms with Crippen molar-refractivity contribution in [3.8, 4) is 0 Å². The summed E-state index contributed by atoms with van der Waals surface area (Å²) < 4.78 is 10.2. The highest BCUT2D eigenvalue weighted by molar-refractivity contribution is 5.92. The van der Waals surface area contributed by atoms with Crippen molar-refractivity contribution in [2.45, 2.75) is 44.4 Å². The standard InChI is InChI=1S/C36H39N3O5/c1-35(2,3)44-34(42)39-31(33(41)43-4)24-26-20-22-30(23-21-26)38-32(40)25-37-36(27-14-8-5-9-15-27,28-16-10-6-11-17-28)29-18-12-7-13-19-29/h5-23,31,37H,24-25H2,1-4H3,(H,38,40)(H,39,42)/t31-/m1/s1. The average molecular weight is 594 g/mol. The minimum atomic E-state index is -0.929. The van der Waals surface area contributed by atoms with Gasteiger partial charge in [-0.1, -0.05) is 103 Å². The summed E-state index contributed by atoms with van der Waals surface area (Å²) in [5.41, 5.74) is 2.92. The van der Waals surface area contributed by atoms with Crippen LogP contribution in [0.15, 0.2) is 115 Å². The largest absolute Gasteiger partial charge is 0.467 e. The molecule has 0 aromatic heterocycles. The number of rotatable bonds is 11. The Morgan fingerprint density at radius 2 is 1.18 bits per heavy atom. The van der Waals surface area contributed by atoms with E-state index in [0.29, 0.717) is 5.69 Å². The van der Waals surface area contributed by atoms with Crippen LogP contribution in [0.5, 0.6) is 0 Å². The lowest BCUT2D eigenvalue weighted by atomic mass is 9.77. The van der Waals surface area contributed by atoms with Crippen LogP contribution in [-0.4, -0.2) is 43.3 Å². The molecule has 4 rings (SSSR count). The maximum Gasteiger partial charge on any atom is 0.408 e. The minimum absolute atomic E-state index is 0.0324. The molecular weight excluding hydrogens is 554 g/mol. The van der Waals surface area contributed by atoms with Crippen LogP contribution in [0.2, 0.25) is 0 Å². The molecule has 0 aliphatic rings. The molecule has 4 aromatic rings. The van der Waals surface area contributed by atoms with Gasteiger partial charge in [0.25, 0.3) is 0 Å². The fraction of sp³-hybridized carbons (Fsp3) is 0.250. The molecule has 1 atom stereocenters. The lowest BCUT2D eigenvalue weighted by Gasteiger charge is -2.37. The Balaban J connectivity index is 1.48. The van der Waals surface area contributed by atoms with Crippen molar-refractivity contribution in [2.24, 2.45) is 0 Å². The summed E-state index contributed by atoms with van der Waals surface area (Å²) >= 11 is 0. The first-order valence-electron chi connectivity index (χ1n) is 14.5. The Morgan fingerprint density at radius 1 is 0.705 bits per heavy atom. The number of nitrogens with one attached hydrogen (secondary N) is 3. The molecule has 228 valence electrons. The third kappa shape index (κ3) is 8.33. The first-order valence-corrected chi connectivity index (χ1v) is 14.5. The second-order valence-corrected chi connectivity index (χ2v) is 11.4. The molecule has 44 heavy (non-hydrogen) atoms. The van der Waals surface area contributed by atoms with Crippen molar-refractivity contribution in [2.75, 3.05) is 19.0 Å². The maximum atomic E-state index is 13.3. The minimum Gasteiger partial charge on any atom is -0.467 e. The first kappa shape index (κ1) is 32.0. The molecule has 3 N–H and O–H groups in total. The van der Waals surface area contributed by atoms with Gasteiger partial charge in [0.05, 0.1) is 19.2 Å². The number of carbonyl (C=O) groups excluding carboxylic acids is 3. The molecule has 0 spiro atoms. The van der Waals surface area contributed by atoms with Gasteiger partial charge in [-0.05, 0) is 55.2 Å². The van der Waals surface area contributed by atoms with Crippen LogP contribution in [0, 0.1) is 0 Å². The molecule has 8 heteroatoms. The van der Waals surface area contributed by atoms with Crippen molar-refractivity contribution in [1.29, 1.82) is 0 Å². The third-order valence-electron chi connectivity index (χ3n) is 6.99. The topological polar surface area (TPSA) is 106 Å². The molecule has 2 amide bonds. The molecular formula is C36H39N3O5. The van der Waals surface area contributed by atoms with Gasteiger partial charge in [0.1, 0.15) is 11.6 Å². The van der Waals surface area contributed by atoms with E-state index in [9.17, 15) is 14.4 Å². The molecule has 0 unspecified atom stereocenters. The van der Waals surface area contributed by atoms with Gasteiger partial charge in [-0.25, -0.2) is 9.59 Å². The highest BCUT2D eigenvalue weighted by Crippen LogP contribution is 2.36. The number of benzene rings is 4. The summed E-state index contributed by atoms with van der Waals surface area (Å²) in [7, 11) is 1.26. The van der Waals surface area contributed by atoms with E-state index in [1.54, 1.807) is 45.0 Å². The number of methoxy groups -OCH3 is 1. The fourth-order valence-corrected chi connectivity index (χ4v) is 5.03. The molecule has 0 aliphatic carbocycles. The van der Waals surface area contributed by atoms with E-state index < -0.39 is 29.2 Å². The van der Waals surface area contributed by atoms with E-state index in [2.05, 4.69) is 52.3 Å². The molecule has 8 nitrogen and oxygen atoms in total. The Labute approximate surface area is 258 Å². The van der Waals surface area contributed by atoms with Gasteiger partial charge in [0, 0.05) is 12.1 Å². The molecule has 0 saturated carbocycles. The van der Waals surface area contributed by atoms with E-state index in [1.807, 2.05) is 54.6 Å². The molecule has 4 aromatic carbocycles. The Hall–Kier alpha value is -4.95. The van der Waals surface area contributed by atoms with Gasteiger partial charge >= 0.3 is 12.1 Å². The third-order valence-corrected chi connectivity index (χ3v) is 6.99. The van der Waals surface area contributed by atoms with Gasteiger partial charge in [-0.3, -0.25) is 10.1 Å². The van der Waals surface area contributed by atoms with Crippen molar-refractivity contribution < 1.29 is 23.9 Å². The van der Waals surface area contributed by atoms with Gasteiger partial charge in [-0.2, -0.15) is 0 Å². The summed E-state index contributed by atoms with van der Waals surface area (Å²) in [4.78, 5) is 37.9. The predicted molar refractivity (Wildman–Crippen MR) is 171 cm³/mol. The van der Waals surface area contributed by atoms with E-state index in [0.717, 1.165) is 22.3 Å². The number of amides is 2. The van der Waals surface area contributed by atoms with Crippen molar-refractivity contribution in [3.63, 3.8) is 0 Å². The van der Waals surface area contributed by atoms with Gasteiger partial charge in [0.2, 0.25) is 5.91 Å². The van der Waals surface area contributed by atoms with Crippen molar-refractivity contribution in [3.05, 3.63) is 138 Å². The second kappa shape index (κ2) is 14.5. The van der Waals surface area contributed by atoms with Crippen LogP contribution in [0.25, 0.3) is 0 Å². The van der Waals surface area contributed by atoms with Crippen LogP contribution in [0.1, 0.15) is 43.0 Å². The number of hydrogen-bond donors (Lipinski definition) is 3. The zero-order chi connectivity index (χ0) is 31.6. The molecule has 0 saturated heterocycles. The lowest BCUT2D eigenvalue weighted by Crippen LogP contribution is -2.47. The van der Waals surface area contributed by atoms with E-state index >= 15 is 0 Å². The normalized spacial score (nSPS) is 12.1. The molecule has 0 heterocycles. The number of esters is 1. The second-order valence-electron chi connectivity index (χ2n) is 11.4. The van der Waals surface area contributed by atoms with Gasteiger partial charge in [-0.15, -0.1) is 0 Å². The monoisotopic (exact) mass is 593 g/mol. The Morgan fingerprint density at radius 3 is 1.61 bits per heavy atom. The van der Waals surface area contributed by atoms with E-state index in [4.69, 9.17) is 9.47 Å². The van der Waals surface area contributed by atoms with Crippen LogP contribution >= 0.6 is 0 Å². The molecule has 0 fully saturated rings. The SMILES string of the molecule is COC(=O)[C@@H](Cc1ccc(NC(=O)CNC(c2ccccc2)(c2ccccc2)c2ccccc2)cc1)NC(=O)OC(C)(C)C. The molecule has 0 bridgehead atoms. The van der Waals surface area contributed by atoms with Crippen molar-refractivity contribution in [1.82, 2.24) is 10.6 Å². The zero-order valence-corrected chi connectivity index (χ0v) is 25.5. The van der Waals surface area contributed by atoms with Gasteiger partial charge < -0.3 is 20.1 Å². The predicted octanol–water partition coefficient (Wildman–Crippen LogP) is 5.82. The van der Waals surface area contributed by atoms with E-state index in [-0.39, 0.29) is 18.9 Å². The summed E-state index contributed by atoms with van der Waals surface area (Å²) in [5, 5.41) is 9.11. The van der Waals surface area contributed by atoms with Crippen molar-refractivity contribution >= 4 is 23.7 Å². The Kier molecular flexibility index (Phi) is 10.5. The highest BCUT2D eigenvalue weighted by Gasteiger charge is 2.36. The molecule has 0 aliphatic heterocycles. The number of carbonyl (C=O) groups is 3. The average Bonchev–Trinajstić information content (AvgIpc) is 3.02. The summed E-state index contributed by atoms with van der Waals surface area (Å²) in [6.07, 6.45) is -0.517. The maximum absolute atomic E-state index is 13.3. The van der Waals surface area contributed by atoms with Crippen LogP contribution in [0.3, 0.4) is 0 Å². The van der Waals surface area contributed by atoms with Gasteiger partial charge in [0.15, 0.2) is 0 Å². The Bertz CT molecular complexity index is 1420. The van der Waals surface area contributed by atoms with Crippen LogP contribution in [-0.2, 0) is 31.0 Å². The zero-order valence-electron chi connectivity index (χ0n) is 25.5. The quantitative estimate of drug-likeness (QED) is 0.150. The first-order chi connectivity index (χ1) is 21.1. The van der Waals surface area contributed by atoms with Crippen LogP contribution < -0.4 is 16.0 Å². The lowest BCUT2D eigenvalue weighted by molar-refractivity contribution is -0.143. The summed E-state index contributed by atoms with van der Waals surface area (Å²) in [6.45, 7) is 5.26. The summed E-state index contributed by atoms with van der Waals surface area (Å²) in [5.74, 6) is -0.804. The fourth-order valence-electron chi connectivity index (χ4n) is 5.03. The number of ether oxygens (including phenoxy) is 2. The molecule has 0 radical (unpaired) electrons. The number of alkyl carbamates (subject to hydrolysis) is 1. The highest BCUT2D eigenvalue weighted by atomic mass is 16.6. The van der Waals surface area contributed by atoms with E-state index in [1.165, 1.54) is 7.11 Å². The van der Waals surface area contributed by atoms with Crippen LogP contribution in [0.4, 0.5) is 10.5 Å². The number of hydrogen-bond acceptors (Lipinski definition) is 6. The smallest absolute Gasteiger partial charge is 0.408 e. The number of anilines is 1. The summed E-state index contributed by atoms with van der Waals surface area (Å²) in [6, 6.07) is 36.4.